The maximum absolute atomic E-state index is 11.4. The van der Waals surface area contributed by atoms with Gasteiger partial charge in [-0.25, -0.2) is 4.79 Å². The van der Waals surface area contributed by atoms with Gasteiger partial charge in [-0.05, 0) is 24.3 Å². The zero-order valence-electron chi connectivity index (χ0n) is 10.7. The minimum atomic E-state index is -0.621. The van der Waals surface area contributed by atoms with Gasteiger partial charge in [-0.15, -0.1) is 0 Å². The van der Waals surface area contributed by atoms with E-state index in [2.05, 4.69) is 15.0 Å². The molecule has 94 valence electrons. The van der Waals surface area contributed by atoms with E-state index >= 15 is 0 Å². The largest absolute Gasteiger partial charge is 0.346 e. The van der Waals surface area contributed by atoms with Crippen LogP contribution in [-0.4, -0.2) is 11.6 Å². The van der Waals surface area contributed by atoms with E-state index in [0.29, 0.717) is 0 Å². The summed E-state index contributed by atoms with van der Waals surface area (Å²) in [5.74, 6) is -0.473. The number of carbonyl (C=O) groups excluding carboxylic acids is 1. The summed E-state index contributed by atoms with van der Waals surface area (Å²) < 4.78 is 0. The van der Waals surface area contributed by atoms with Crippen molar-refractivity contribution in [2.75, 3.05) is 0 Å². The van der Waals surface area contributed by atoms with Crippen LogP contribution in [0.4, 0.5) is 0 Å². The smallest absolute Gasteiger partial charge is 0.267 e. The highest BCUT2D eigenvalue weighted by Gasteiger charge is 2.51. The highest BCUT2D eigenvalue weighted by molar-refractivity contribution is 5.69. The van der Waals surface area contributed by atoms with Crippen LogP contribution in [0, 0.1) is 10.8 Å². The summed E-state index contributed by atoms with van der Waals surface area (Å²) in [5, 5.41) is 8.64. The molecule has 0 spiro atoms. The van der Waals surface area contributed by atoms with Crippen molar-refractivity contribution in [2.24, 2.45) is 10.8 Å². The predicted octanol–water partition coefficient (Wildman–Crippen LogP) is 2.56. The highest BCUT2D eigenvalue weighted by atomic mass is 17.7. The van der Waals surface area contributed by atoms with E-state index in [-0.39, 0.29) is 17.3 Å². The van der Waals surface area contributed by atoms with E-state index < -0.39 is 11.6 Å². The molecule has 16 heavy (non-hydrogen) atoms. The van der Waals surface area contributed by atoms with Crippen LogP contribution in [0.25, 0.3) is 0 Å². The van der Waals surface area contributed by atoms with Crippen molar-refractivity contribution in [3.8, 4) is 0 Å². The third-order valence-corrected chi connectivity index (χ3v) is 4.18. The fourth-order valence-corrected chi connectivity index (χ4v) is 1.68. The molecule has 0 saturated carbocycles. The van der Waals surface area contributed by atoms with Gasteiger partial charge in [0.25, 0.3) is 0 Å². The van der Waals surface area contributed by atoms with Gasteiger partial charge in [-0.3, -0.25) is 4.89 Å². The van der Waals surface area contributed by atoms with Crippen LogP contribution in [0.2, 0.25) is 0 Å². The maximum Gasteiger partial charge on any atom is 0.346 e. The Kier molecular flexibility index (Phi) is 3.34. The van der Waals surface area contributed by atoms with Gasteiger partial charge in [0.05, 0.1) is 6.42 Å². The van der Waals surface area contributed by atoms with Crippen molar-refractivity contribution in [3.05, 3.63) is 0 Å². The minimum Gasteiger partial charge on any atom is -0.267 e. The van der Waals surface area contributed by atoms with Crippen LogP contribution < -0.4 is 0 Å². The lowest BCUT2D eigenvalue weighted by Gasteiger charge is -2.48. The molecule has 0 aromatic heterocycles. The molecule has 0 N–H and O–H groups in total. The second kappa shape index (κ2) is 3.98. The first-order valence-corrected chi connectivity index (χ1v) is 5.32. The SMILES string of the molecule is CC1(C)CC(=O)OOOOC(C)(C)C1(C)C. The molecule has 0 bridgehead atoms. The molecule has 0 radical (unpaired) electrons. The van der Waals surface area contributed by atoms with E-state index in [1.54, 1.807) is 0 Å². The van der Waals surface area contributed by atoms with Gasteiger partial charge in [0, 0.05) is 10.5 Å². The lowest BCUT2D eigenvalue weighted by atomic mass is 9.58. The molecule has 0 aliphatic carbocycles. The monoisotopic (exact) mass is 232 g/mol. The van der Waals surface area contributed by atoms with Crippen molar-refractivity contribution in [3.63, 3.8) is 0 Å². The fraction of sp³-hybridized carbons (Fsp3) is 0.909. The quantitative estimate of drug-likeness (QED) is 0.601. The van der Waals surface area contributed by atoms with E-state index in [9.17, 15) is 4.79 Å². The van der Waals surface area contributed by atoms with E-state index in [1.165, 1.54) is 0 Å². The van der Waals surface area contributed by atoms with Crippen LogP contribution in [0.3, 0.4) is 0 Å². The summed E-state index contributed by atoms with van der Waals surface area (Å²) in [6.45, 7) is 11.8. The zero-order valence-corrected chi connectivity index (χ0v) is 10.7. The Hall–Kier alpha value is -0.650. The Morgan fingerprint density at radius 1 is 1.00 bits per heavy atom. The molecule has 0 aromatic rings. The summed E-state index contributed by atoms with van der Waals surface area (Å²) in [5.41, 5.74) is -1.25. The van der Waals surface area contributed by atoms with Gasteiger partial charge >= 0.3 is 5.97 Å². The molecule has 1 saturated heterocycles. The molecule has 0 amide bonds. The molecule has 0 unspecified atom stereocenters. The van der Waals surface area contributed by atoms with E-state index in [4.69, 9.17) is 4.89 Å². The Labute approximate surface area is 95.8 Å². The van der Waals surface area contributed by atoms with Gasteiger partial charge in [-0.2, -0.15) is 4.89 Å². The van der Waals surface area contributed by atoms with Gasteiger partial charge in [0.2, 0.25) is 0 Å². The summed E-state index contributed by atoms with van der Waals surface area (Å²) in [6, 6.07) is 0. The van der Waals surface area contributed by atoms with Gasteiger partial charge in [0.15, 0.2) is 0 Å². The lowest BCUT2D eigenvalue weighted by Crippen LogP contribution is -2.50. The third kappa shape index (κ3) is 2.21. The first-order chi connectivity index (χ1) is 7.10. The highest BCUT2D eigenvalue weighted by Crippen LogP contribution is 2.50. The van der Waals surface area contributed by atoms with Gasteiger partial charge < -0.3 is 0 Å². The molecular weight excluding hydrogens is 212 g/mol. The first-order valence-electron chi connectivity index (χ1n) is 5.32. The summed E-state index contributed by atoms with van der Waals surface area (Å²) in [6.07, 6.45) is 0.232. The average Bonchev–Trinajstić information content (AvgIpc) is 2.11. The summed E-state index contributed by atoms with van der Waals surface area (Å²) >= 11 is 0. The molecule has 1 aliphatic rings. The molecule has 5 nitrogen and oxygen atoms in total. The molecule has 0 atom stereocenters. The molecule has 1 rings (SSSR count). The summed E-state index contributed by atoms with van der Waals surface area (Å²) in [4.78, 5) is 21.0. The van der Waals surface area contributed by atoms with Crippen molar-refractivity contribution < 1.29 is 24.6 Å². The second-order valence-electron chi connectivity index (χ2n) is 5.87. The van der Waals surface area contributed by atoms with Crippen LogP contribution in [0.1, 0.15) is 48.0 Å². The Balaban J connectivity index is 3.08. The fourth-order valence-electron chi connectivity index (χ4n) is 1.68. The van der Waals surface area contributed by atoms with Crippen molar-refractivity contribution in [1.82, 2.24) is 0 Å². The first kappa shape index (κ1) is 13.4. The number of carbonyl (C=O) groups is 1. The van der Waals surface area contributed by atoms with Crippen LogP contribution in [0.5, 0.6) is 0 Å². The molecular formula is C11H20O5. The Bertz CT molecular complexity index is 280. The van der Waals surface area contributed by atoms with Crippen molar-refractivity contribution in [2.45, 2.75) is 53.6 Å². The number of hydrogen-bond donors (Lipinski definition) is 0. The second-order valence-corrected chi connectivity index (χ2v) is 5.87. The zero-order chi connectivity index (χ0) is 12.6. The van der Waals surface area contributed by atoms with Crippen molar-refractivity contribution >= 4 is 5.97 Å². The lowest BCUT2D eigenvalue weighted by molar-refractivity contribution is -0.638. The number of rotatable bonds is 0. The Morgan fingerprint density at radius 2 is 1.56 bits per heavy atom. The minimum absolute atomic E-state index is 0.232. The van der Waals surface area contributed by atoms with Crippen LogP contribution in [0.15, 0.2) is 0 Å². The van der Waals surface area contributed by atoms with Crippen molar-refractivity contribution in [1.29, 1.82) is 0 Å². The molecule has 1 aliphatic heterocycles. The molecule has 1 heterocycles. The van der Waals surface area contributed by atoms with Crippen LogP contribution >= 0.6 is 0 Å². The summed E-state index contributed by atoms with van der Waals surface area (Å²) in [7, 11) is 0. The standard InChI is InChI=1S/C11H20O5/c1-9(2)7-8(12)13-15-16-14-11(5,6)10(9,3)4/h7H2,1-6H3. The predicted molar refractivity (Wildman–Crippen MR) is 55.6 cm³/mol. The normalized spacial score (nSPS) is 28.5. The maximum atomic E-state index is 11.4. The topological polar surface area (TPSA) is 54.0 Å². The Morgan fingerprint density at radius 3 is 2.12 bits per heavy atom. The van der Waals surface area contributed by atoms with Gasteiger partial charge in [-0.1, -0.05) is 27.7 Å². The molecule has 0 aromatic carbocycles. The average molecular weight is 232 g/mol. The number of hydrogen-bond acceptors (Lipinski definition) is 5. The van der Waals surface area contributed by atoms with E-state index in [0.717, 1.165) is 0 Å². The van der Waals surface area contributed by atoms with Gasteiger partial charge in [0.1, 0.15) is 5.60 Å². The molecule has 1 fully saturated rings. The van der Waals surface area contributed by atoms with Crippen LogP contribution in [-0.2, 0) is 24.6 Å². The van der Waals surface area contributed by atoms with E-state index in [1.807, 2.05) is 41.5 Å². The third-order valence-electron chi connectivity index (χ3n) is 4.18. The molecule has 5 heteroatoms.